The summed E-state index contributed by atoms with van der Waals surface area (Å²) in [5, 5.41) is 4.23. The van der Waals surface area contributed by atoms with Crippen LogP contribution in [0.25, 0.3) is 0 Å². The first kappa shape index (κ1) is 9.78. The Morgan fingerprint density at radius 3 is 3.07 bits per heavy atom. The van der Waals surface area contributed by atoms with E-state index in [2.05, 4.69) is 11.0 Å². The van der Waals surface area contributed by atoms with Gasteiger partial charge in [-0.1, -0.05) is 0 Å². The standard InChI is InChI=1S/C11H13N3O/c1-3-9-6-11(15)14(7-9)8-10-4-5-13(2)12-10/h1,4-5,9H,6-8H2,2H3. The van der Waals surface area contributed by atoms with Crippen molar-refractivity contribution < 1.29 is 4.79 Å². The summed E-state index contributed by atoms with van der Waals surface area (Å²) in [5.41, 5.74) is 0.906. The highest BCUT2D eigenvalue weighted by Gasteiger charge is 2.28. The molecule has 1 unspecified atom stereocenters. The van der Waals surface area contributed by atoms with Gasteiger partial charge in [0.05, 0.1) is 12.2 Å². The van der Waals surface area contributed by atoms with Gasteiger partial charge < -0.3 is 4.90 Å². The zero-order valence-electron chi connectivity index (χ0n) is 8.68. The van der Waals surface area contributed by atoms with Gasteiger partial charge in [0, 0.05) is 32.1 Å². The molecular formula is C11H13N3O. The molecule has 4 heteroatoms. The Bertz CT molecular complexity index is 416. The number of carbonyl (C=O) groups excluding carboxylic acids is 1. The molecule has 0 aliphatic carbocycles. The van der Waals surface area contributed by atoms with E-state index in [-0.39, 0.29) is 11.8 Å². The topological polar surface area (TPSA) is 38.1 Å². The van der Waals surface area contributed by atoms with Crippen molar-refractivity contribution >= 4 is 5.91 Å². The zero-order valence-corrected chi connectivity index (χ0v) is 8.68. The first-order valence-electron chi connectivity index (χ1n) is 4.91. The predicted octanol–water partition coefficient (Wildman–Crippen LogP) is 0.402. The van der Waals surface area contributed by atoms with Crippen molar-refractivity contribution in [2.75, 3.05) is 6.54 Å². The number of nitrogens with zero attached hydrogens (tertiary/aromatic N) is 3. The first-order valence-corrected chi connectivity index (χ1v) is 4.91. The summed E-state index contributed by atoms with van der Waals surface area (Å²) in [7, 11) is 1.86. The number of amides is 1. The molecule has 0 aromatic carbocycles. The SMILES string of the molecule is C#CC1CC(=O)N(Cc2ccn(C)n2)C1. The number of aryl methyl sites for hydroxylation is 1. The Morgan fingerprint density at radius 2 is 2.53 bits per heavy atom. The Balaban J connectivity index is 2.02. The quantitative estimate of drug-likeness (QED) is 0.653. The molecule has 2 rings (SSSR count). The molecule has 4 nitrogen and oxygen atoms in total. The lowest BCUT2D eigenvalue weighted by Crippen LogP contribution is -2.24. The summed E-state index contributed by atoms with van der Waals surface area (Å²) in [6, 6.07) is 1.91. The average Bonchev–Trinajstić information content (AvgIpc) is 2.75. The van der Waals surface area contributed by atoms with Gasteiger partial charge in [-0.05, 0) is 6.07 Å². The smallest absolute Gasteiger partial charge is 0.224 e. The highest BCUT2D eigenvalue weighted by Crippen LogP contribution is 2.18. The number of hydrogen-bond acceptors (Lipinski definition) is 2. The summed E-state index contributed by atoms with van der Waals surface area (Å²) >= 11 is 0. The Labute approximate surface area is 88.9 Å². The van der Waals surface area contributed by atoms with Crippen molar-refractivity contribution in [2.24, 2.45) is 13.0 Å². The zero-order chi connectivity index (χ0) is 10.8. The lowest BCUT2D eigenvalue weighted by molar-refractivity contribution is -0.128. The summed E-state index contributed by atoms with van der Waals surface area (Å²) < 4.78 is 1.73. The monoisotopic (exact) mass is 203 g/mol. The van der Waals surface area contributed by atoms with Crippen LogP contribution in [0.4, 0.5) is 0 Å². The van der Waals surface area contributed by atoms with Crippen molar-refractivity contribution in [3.05, 3.63) is 18.0 Å². The minimum Gasteiger partial charge on any atom is -0.335 e. The van der Waals surface area contributed by atoms with E-state index < -0.39 is 0 Å². The average molecular weight is 203 g/mol. The van der Waals surface area contributed by atoms with Crippen LogP contribution < -0.4 is 0 Å². The molecule has 1 aromatic rings. The summed E-state index contributed by atoms with van der Waals surface area (Å²) in [5.74, 6) is 2.83. The van der Waals surface area contributed by atoms with Crippen LogP contribution in [0, 0.1) is 18.3 Å². The molecule has 1 atom stereocenters. The van der Waals surface area contributed by atoms with E-state index in [1.54, 1.807) is 9.58 Å². The molecule has 1 aromatic heterocycles. The molecule has 78 valence electrons. The predicted molar refractivity (Wildman–Crippen MR) is 55.6 cm³/mol. The second-order valence-electron chi connectivity index (χ2n) is 3.82. The van der Waals surface area contributed by atoms with Crippen molar-refractivity contribution in [3.63, 3.8) is 0 Å². The van der Waals surface area contributed by atoms with E-state index in [1.807, 2.05) is 19.3 Å². The lowest BCUT2D eigenvalue weighted by atomic mass is 10.1. The van der Waals surface area contributed by atoms with Gasteiger partial charge >= 0.3 is 0 Å². The van der Waals surface area contributed by atoms with Gasteiger partial charge in [-0.25, -0.2) is 0 Å². The van der Waals surface area contributed by atoms with Crippen molar-refractivity contribution in [1.29, 1.82) is 0 Å². The Hall–Kier alpha value is -1.76. The second-order valence-corrected chi connectivity index (χ2v) is 3.82. The van der Waals surface area contributed by atoms with E-state index in [4.69, 9.17) is 6.42 Å². The molecule has 1 aliphatic heterocycles. The molecule has 1 amide bonds. The number of likely N-dealkylation sites (tertiary alicyclic amines) is 1. The molecular weight excluding hydrogens is 190 g/mol. The van der Waals surface area contributed by atoms with E-state index in [1.165, 1.54) is 0 Å². The normalized spacial score (nSPS) is 20.7. The van der Waals surface area contributed by atoms with Crippen LogP contribution in [0.3, 0.4) is 0 Å². The van der Waals surface area contributed by atoms with Gasteiger partial charge in [0.1, 0.15) is 0 Å². The fraction of sp³-hybridized carbons (Fsp3) is 0.455. The van der Waals surface area contributed by atoms with E-state index in [9.17, 15) is 4.79 Å². The summed E-state index contributed by atoms with van der Waals surface area (Å²) in [6.07, 6.45) is 7.65. The Kier molecular flexibility index (Phi) is 2.46. The molecule has 0 saturated carbocycles. The maximum absolute atomic E-state index is 11.6. The van der Waals surface area contributed by atoms with E-state index in [0.29, 0.717) is 19.5 Å². The second kappa shape index (κ2) is 3.77. The van der Waals surface area contributed by atoms with Crippen molar-refractivity contribution in [3.8, 4) is 12.3 Å². The molecule has 1 saturated heterocycles. The van der Waals surface area contributed by atoms with Crippen LogP contribution in [-0.4, -0.2) is 27.1 Å². The minimum atomic E-state index is 0.0706. The number of terminal acetylenes is 1. The largest absolute Gasteiger partial charge is 0.335 e. The Morgan fingerprint density at radius 1 is 1.73 bits per heavy atom. The fourth-order valence-electron chi connectivity index (χ4n) is 1.78. The number of rotatable bonds is 2. The molecule has 1 fully saturated rings. The van der Waals surface area contributed by atoms with Crippen LogP contribution in [0.15, 0.2) is 12.3 Å². The lowest BCUT2D eigenvalue weighted by Gasteiger charge is -2.13. The van der Waals surface area contributed by atoms with E-state index >= 15 is 0 Å². The van der Waals surface area contributed by atoms with Gasteiger partial charge in [0.25, 0.3) is 0 Å². The van der Waals surface area contributed by atoms with Gasteiger partial charge in [-0.3, -0.25) is 9.48 Å². The maximum Gasteiger partial charge on any atom is 0.224 e. The van der Waals surface area contributed by atoms with Gasteiger partial charge in [0.2, 0.25) is 5.91 Å². The van der Waals surface area contributed by atoms with Crippen LogP contribution in [0.5, 0.6) is 0 Å². The molecule has 2 heterocycles. The van der Waals surface area contributed by atoms with Crippen molar-refractivity contribution in [2.45, 2.75) is 13.0 Å². The molecule has 0 N–H and O–H groups in total. The molecule has 0 spiro atoms. The first-order chi connectivity index (χ1) is 7.19. The third kappa shape index (κ3) is 2.01. The summed E-state index contributed by atoms with van der Waals surface area (Å²) in [6.45, 7) is 1.23. The molecule has 0 bridgehead atoms. The van der Waals surface area contributed by atoms with Gasteiger partial charge in [-0.2, -0.15) is 5.10 Å². The van der Waals surface area contributed by atoms with Gasteiger partial charge in [0.15, 0.2) is 0 Å². The fourth-order valence-corrected chi connectivity index (χ4v) is 1.78. The number of carbonyl (C=O) groups is 1. The molecule has 1 aliphatic rings. The van der Waals surface area contributed by atoms with Crippen LogP contribution in [0.1, 0.15) is 12.1 Å². The number of aromatic nitrogens is 2. The highest BCUT2D eigenvalue weighted by molar-refractivity contribution is 5.79. The van der Waals surface area contributed by atoms with Crippen molar-refractivity contribution in [1.82, 2.24) is 14.7 Å². The van der Waals surface area contributed by atoms with Gasteiger partial charge in [-0.15, -0.1) is 12.3 Å². The molecule has 0 radical (unpaired) electrons. The van der Waals surface area contributed by atoms with Crippen LogP contribution in [0.2, 0.25) is 0 Å². The third-order valence-corrected chi connectivity index (χ3v) is 2.57. The summed E-state index contributed by atoms with van der Waals surface area (Å²) in [4.78, 5) is 13.3. The minimum absolute atomic E-state index is 0.0706. The molecule has 15 heavy (non-hydrogen) atoms. The highest BCUT2D eigenvalue weighted by atomic mass is 16.2. The third-order valence-electron chi connectivity index (χ3n) is 2.57. The number of hydrogen-bond donors (Lipinski definition) is 0. The maximum atomic E-state index is 11.6. The van der Waals surface area contributed by atoms with E-state index in [0.717, 1.165) is 5.69 Å². The van der Waals surface area contributed by atoms with Crippen LogP contribution >= 0.6 is 0 Å². The van der Waals surface area contributed by atoms with Crippen LogP contribution in [-0.2, 0) is 18.4 Å².